The molecule has 0 fully saturated rings. The van der Waals surface area contributed by atoms with Crippen LogP contribution < -0.4 is 5.32 Å². The quantitative estimate of drug-likeness (QED) is 0.850. The lowest BCUT2D eigenvalue weighted by Crippen LogP contribution is -2.13. The fourth-order valence-corrected chi connectivity index (χ4v) is 1.51. The highest BCUT2D eigenvalue weighted by Gasteiger charge is 2.01. The molecule has 0 aliphatic rings. The Hall–Kier alpha value is -1.68. The Labute approximate surface area is 94.7 Å². The third-order valence-electron chi connectivity index (χ3n) is 2.45. The second kappa shape index (κ2) is 4.90. The van der Waals surface area contributed by atoms with Crippen LogP contribution >= 0.6 is 0 Å². The van der Waals surface area contributed by atoms with Crippen molar-refractivity contribution in [2.75, 3.05) is 0 Å². The number of rotatable bonds is 4. The summed E-state index contributed by atoms with van der Waals surface area (Å²) in [4.78, 5) is 4.10. The van der Waals surface area contributed by atoms with Gasteiger partial charge in [0.2, 0.25) is 0 Å². The number of hydrogen-bond donors (Lipinski definition) is 1. The molecule has 0 radical (unpaired) electrons. The van der Waals surface area contributed by atoms with E-state index >= 15 is 0 Å². The van der Waals surface area contributed by atoms with E-state index < -0.39 is 0 Å². The third-order valence-corrected chi connectivity index (χ3v) is 2.45. The first-order valence-corrected chi connectivity index (χ1v) is 5.28. The molecule has 2 rings (SSSR count). The molecular weight excluding hydrogens is 202 g/mol. The Morgan fingerprint density at radius 1 is 1.31 bits per heavy atom. The molecule has 0 aromatic carbocycles. The number of nitrogens with one attached hydrogen (secondary N) is 1. The largest absolute Gasteiger partial charge is 0.361 e. The Balaban J connectivity index is 1.87. The molecule has 0 amide bonds. The van der Waals surface area contributed by atoms with Gasteiger partial charge in [-0.1, -0.05) is 5.16 Å². The minimum absolute atomic E-state index is 0.714. The summed E-state index contributed by atoms with van der Waals surface area (Å²) >= 11 is 0. The van der Waals surface area contributed by atoms with Crippen molar-refractivity contribution in [1.29, 1.82) is 0 Å². The van der Waals surface area contributed by atoms with Gasteiger partial charge in [0.25, 0.3) is 0 Å². The van der Waals surface area contributed by atoms with Crippen LogP contribution in [0.3, 0.4) is 0 Å². The molecule has 4 nitrogen and oxygen atoms in total. The topological polar surface area (TPSA) is 51.0 Å². The smallest absolute Gasteiger partial charge is 0.133 e. The van der Waals surface area contributed by atoms with E-state index in [1.54, 1.807) is 6.20 Å². The van der Waals surface area contributed by atoms with Gasteiger partial charge in [-0.15, -0.1) is 0 Å². The number of hydrogen-bond acceptors (Lipinski definition) is 4. The first kappa shape index (κ1) is 10.8. The molecular formula is C12H15N3O. The molecule has 2 heterocycles. The maximum Gasteiger partial charge on any atom is 0.133 e. The van der Waals surface area contributed by atoms with Crippen molar-refractivity contribution in [3.8, 4) is 0 Å². The summed E-state index contributed by atoms with van der Waals surface area (Å²) in [5.74, 6) is 0.842. The molecule has 0 saturated carbocycles. The molecule has 4 heteroatoms. The van der Waals surface area contributed by atoms with Gasteiger partial charge < -0.3 is 9.84 Å². The van der Waals surface area contributed by atoms with Crippen LogP contribution in [0.5, 0.6) is 0 Å². The second-order valence-corrected chi connectivity index (χ2v) is 3.83. The predicted molar refractivity (Wildman–Crippen MR) is 60.8 cm³/mol. The average Bonchev–Trinajstić information content (AvgIpc) is 2.67. The zero-order chi connectivity index (χ0) is 11.4. The first-order valence-electron chi connectivity index (χ1n) is 5.28. The lowest BCUT2D eigenvalue weighted by molar-refractivity contribution is 0.388. The molecule has 0 aliphatic carbocycles. The Morgan fingerprint density at radius 2 is 2.19 bits per heavy atom. The van der Waals surface area contributed by atoms with Crippen molar-refractivity contribution < 1.29 is 4.52 Å². The Morgan fingerprint density at radius 3 is 2.88 bits per heavy atom. The van der Waals surface area contributed by atoms with Gasteiger partial charge in [-0.2, -0.15) is 0 Å². The van der Waals surface area contributed by atoms with Crippen LogP contribution in [0, 0.1) is 13.8 Å². The third kappa shape index (κ3) is 2.67. The summed E-state index contributed by atoms with van der Waals surface area (Å²) in [6, 6.07) is 3.94. The van der Waals surface area contributed by atoms with E-state index in [0.29, 0.717) is 6.54 Å². The van der Waals surface area contributed by atoms with E-state index in [-0.39, 0.29) is 0 Å². The fraction of sp³-hybridized carbons (Fsp3) is 0.333. The molecule has 0 spiro atoms. The molecule has 16 heavy (non-hydrogen) atoms. The summed E-state index contributed by atoms with van der Waals surface area (Å²) in [6.45, 7) is 5.48. The van der Waals surface area contributed by atoms with Gasteiger partial charge in [-0.05, 0) is 31.0 Å². The van der Waals surface area contributed by atoms with Crippen molar-refractivity contribution in [1.82, 2.24) is 15.5 Å². The van der Waals surface area contributed by atoms with Crippen LogP contribution in [0.1, 0.15) is 22.6 Å². The summed E-state index contributed by atoms with van der Waals surface area (Å²) in [6.07, 6.45) is 3.69. The molecule has 0 aliphatic heterocycles. The fourth-order valence-electron chi connectivity index (χ4n) is 1.51. The van der Waals surface area contributed by atoms with E-state index in [1.807, 2.05) is 25.3 Å². The van der Waals surface area contributed by atoms with Crippen LogP contribution in [0.25, 0.3) is 0 Å². The Bertz CT molecular complexity index is 465. The van der Waals surface area contributed by atoms with Crippen LogP contribution in [0.4, 0.5) is 0 Å². The maximum atomic E-state index is 4.99. The van der Waals surface area contributed by atoms with Crippen LogP contribution in [0.15, 0.2) is 29.0 Å². The molecule has 2 aromatic rings. The summed E-state index contributed by atoms with van der Waals surface area (Å²) in [7, 11) is 0. The van der Waals surface area contributed by atoms with E-state index in [9.17, 15) is 0 Å². The van der Waals surface area contributed by atoms with Gasteiger partial charge in [0, 0.05) is 31.5 Å². The van der Waals surface area contributed by atoms with E-state index in [1.165, 1.54) is 11.1 Å². The Kier molecular flexibility index (Phi) is 3.31. The zero-order valence-corrected chi connectivity index (χ0v) is 9.53. The summed E-state index contributed by atoms with van der Waals surface area (Å²) in [5.41, 5.74) is 3.39. The van der Waals surface area contributed by atoms with Crippen molar-refractivity contribution in [3.05, 3.63) is 47.1 Å². The molecule has 1 N–H and O–H groups in total. The van der Waals surface area contributed by atoms with Crippen LogP contribution in [0.2, 0.25) is 0 Å². The number of nitrogens with zero attached hydrogens (tertiary/aromatic N) is 2. The van der Waals surface area contributed by atoms with Gasteiger partial charge in [0.1, 0.15) is 5.76 Å². The summed E-state index contributed by atoms with van der Waals surface area (Å²) in [5, 5.41) is 7.23. The van der Waals surface area contributed by atoms with Gasteiger partial charge in [-0.25, -0.2) is 0 Å². The average molecular weight is 217 g/mol. The monoisotopic (exact) mass is 217 g/mol. The highest BCUT2D eigenvalue weighted by molar-refractivity contribution is 5.21. The van der Waals surface area contributed by atoms with Gasteiger partial charge in [0.15, 0.2) is 0 Å². The number of aryl methyl sites for hydroxylation is 2. The molecule has 0 bridgehead atoms. The van der Waals surface area contributed by atoms with Gasteiger partial charge in [0.05, 0.1) is 5.69 Å². The molecule has 2 aromatic heterocycles. The second-order valence-electron chi connectivity index (χ2n) is 3.83. The lowest BCUT2D eigenvalue weighted by atomic mass is 10.1. The predicted octanol–water partition coefficient (Wildman–Crippen LogP) is 1.98. The normalized spacial score (nSPS) is 10.6. The lowest BCUT2D eigenvalue weighted by Gasteiger charge is -2.05. The first-order chi connectivity index (χ1) is 7.75. The van der Waals surface area contributed by atoms with Crippen LogP contribution in [-0.4, -0.2) is 10.1 Å². The standard InChI is InChI=1S/C12H15N3O/c1-9-3-4-13-6-11(9)7-14-8-12-5-10(2)16-15-12/h3-6,14H,7-8H2,1-2H3. The highest BCUT2D eigenvalue weighted by Crippen LogP contribution is 2.05. The minimum atomic E-state index is 0.714. The zero-order valence-electron chi connectivity index (χ0n) is 9.53. The van der Waals surface area contributed by atoms with Crippen LogP contribution in [-0.2, 0) is 13.1 Å². The number of pyridine rings is 1. The van der Waals surface area contributed by atoms with E-state index in [0.717, 1.165) is 18.0 Å². The molecule has 0 unspecified atom stereocenters. The van der Waals surface area contributed by atoms with Crippen molar-refractivity contribution in [2.45, 2.75) is 26.9 Å². The highest BCUT2D eigenvalue weighted by atomic mass is 16.5. The van der Waals surface area contributed by atoms with E-state index in [4.69, 9.17) is 4.52 Å². The summed E-state index contributed by atoms with van der Waals surface area (Å²) < 4.78 is 4.99. The van der Waals surface area contributed by atoms with Crippen molar-refractivity contribution >= 4 is 0 Å². The number of aromatic nitrogens is 2. The molecule has 84 valence electrons. The van der Waals surface area contributed by atoms with Gasteiger partial charge >= 0.3 is 0 Å². The van der Waals surface area contributed by atoms with E-state index in [2.05, 4.69) is 22.4 Å². The molecule has 0 atom stereocenters. The molecule has 0 saturated heterocycles. The van der Waals surface area contributed by atoms with Crippen molar-refractivity contribution in [2.24, 2.45) is 0 Å². The SMILES string of the molecule is Cc1cc(CNCc2cnccc2C)no1. The van der Waals surface area contributed by atoms with Crippen molar-refractivity contribution in [3.63, 3.8) is 0 Å². The minimum Gasteiger partial charge on any atom is -0.361 e. The van der Waals surface area contributed by atoms with Gasteiger partial charge in [-0.3, -0.25) is 4.98 Å². The maximum absolute atomic E-state index is 4.99.